The number of hydrogen-bond acceptors (Lipinski definition) is 6. The molecule has 0 saturated carbocycles. The van der Waals surface area contributed by atoms with Gasteiger partial charge >= 0.3 is 0 Å². The molecule has 5 nitrogen and oxygen atoms in total. The molecule has 3 heterocycles. The molecule has 7 heteroatoms. The van der Waals surface area contributed by atoms with Crippen LogP contribution in [0.3, 0.4) is 0 Å². The molecule has 0 radical (unpaired) electrons. The number of hydrogen-bond donors (Lipinski definition) is 2. The van der Waals surface area contributed by atoms with Crippen molar-refractivity contribution in [1.82, 2.24) is 15.2 Å². The Morgan fingerprint density at radius 3 is 2.75 bits per heavy atom. The molecule has 1 aromatic heterocycles. The second-order valence-corrected chi connectivity index (χ2v) is 11.4. The first kappa shape index (κ1) is 19.4. The smallest absolute Gasteiger partial charge is 0.141 e. The van der Waals surface area contributed by atoms with E-state index in [1.54, 1.807) is 18.4 Å². The number of rotatable bonds is 6. The highest BCUT2D eigenvalue weighted by molar-refractivity contribution is 8.40. The van der Waals surface area contributed by atoms with E-state index in [-0.39, 0.29) is 0 Å². The van der Waals surface area contributed by atoms with Gasteiger partial charge in [-0.25, -0.2) is 4.98 Å². The van der Waals surface area contributed by atoms with Crippen LogP contribution in [0.4, 0.5) is 0 Å². The van der Waals surface area contributed by atoms with Gasteiger partial charge in [-0.1, -0.05) is 12.1 Å². The fourth-order valence-corrected chi connectivity index (χ4v) is 9.30. The maximum absolute atomic E-state index is 9.84. The Morgan fingerprint density at radius 1 is 1.32 bits per heavy atom. The van der Waals surface area contributed by atoms with Gasteiger partial charge in [-0.15, -0.1) is 21.4 Å². The van der Waals surface area contributed by atoms with Crippen molar-refractivity contribution >= 4 is 21.4 Å². The SMILES string of the molecule is COc1ccc(CCN2CCC(S3(c4nccs4)C=CNC3=CO)CC2)cc1. The Morgan fingerprint density at radius 2 is 2.11 bits per heavy atom. The summed E-state index contributed by atoms with van der Waals surface area (Å²) in [4.78, 5) is 7.20. The molecule has 1 atom stereocenters. The largest absolute Gasteiger partial charge is 0.513 e. The molecular formula is C21H27N3O2S2. The summed E-state index contributed by atoms with van der Waals surface area (Å²) in [7, 11) is 0.299. The van der Waals surface area contributed by atoms with Crippen molar-refractivity contribution in [3.05, 3.63) is 64.3 Å². The van der Waals surface area contributed by atoms with E-state index in [1.165, 1.54) is 11.8 Å². The number of aliphatic hydroxyl groups excluding tert-OH is 1. The Bertz CT molecular complexity index is 828. The molecule has 0 bridgehead atoms. The minimum atomic E-state index is -1.40. The van der Waals surface area contributed by atoms with Gasteiger partial charge in [0.1, 0.15) is 16.4 Å². The van der Waals surface area contributed by atoms with Crippen LogP contribution in [0, 0.1) is 0 Å². The van der Waals surface area contributed by atoms with E-state index in [1.807, 2.05) is 29.9 Å². The van der Waals surface area contributed by atoms with Crippen molar-refractivity contribution < 1.29 is 9.84 Å². The fourth-order valence-electron chi connectivity index (χ4n) is 4.07. The summed E-state index contributed by atoms with van der Waals surface area (Å²) in [6.07, 6.45) is 8.42. The van der Waals surface area contributed by atoms with E-state index < -0.39 is 10.0 Å². The second kappa shape index (κ2) is 8.59. The summed E-state index contributed by atoms with van der Waals surface area (Å²) in [5.74, 6) is 0.908. The third kappa shape index (κ3) is 3.66. The molecular weight excluding hydrogens is 390 g/mol. The van der Waals surface area contributed by atoms with Crippen LogP contribution in [0.1, 0.15) is 18.4 Å². The molecule has 4 rings (SSSR count). The Hall–Kier alpha value is -1.96. The zero-order chi connectivity index (χ0) is 19.4. The van der Waals surface area contributed by atoms with Gasteiger partial charge in [-0.2, -0.15) is 0 Å². The number of nitrogens with one attached hydrogen (secondary N) is 1. The first-order valence-corrected chi connectivity index (χ1v) is 12.2. The van der Waals surface area contributed by atoms with E-state index in [2.05, 4.69) is 32.7 Å². The summed E-state index contributed by atoms with van der Waals surface area (Å²) in [6, 6.07) is 8.37. The number of thiazole rings is 1. The summed E-state index contributed by atoms with van der Waals surface area (Å²) in [5, 5.41) is 18.9. The summed E-state index contributed by atoms with van der Waals surface area (Å²) in [6.45, 7) is 3.26. The molecule has 0 amide bonds. The molecule has 0 aliphatic carbocycles. The highest BCUT2D eigenvalue weighted by Gasteiger charge is 2.42. The fraction of sp³-hybridized carbons (Fsp3) is 0.381. The Balaban J connectivity index is 1.39. The van der Waals surface area contributed by atoms with Crippen molar-refractivity contribution in [3.8, 4) is 5.75 Å². The van der Waals surface area contributed by atoms with Gasteiger partial charge in [-0.3, -0.25) is 0 Å². The van der Waals surface area contributed by atoms with Gasteiger partial charge in [0.25, 0.3) is 0 Å². The van der Waals surface area contributed by atoms with E-state index in [0.29, 0.717) is 5.25 Å². The first-order valence-electron chi connectivity index (χ1n) is 9.61. The number of nitrogens with zero attached hydrogens (tertiary/aromatic N) is 2. The zero-order valence-electron chi connectivity index (χ0n) is 16.1. The molecule has 2 N–H and O–H groups in total. The van der Waals surface area contributed by atoms with Crippen LogP contribution < -0.4 is 10.1 Å². The topological polar surface area (TPSA) is 57.6 Å². The van der Waals surface area contributed by atoms with Gasteiger partial charge in [0.05, 0.1) is 12.1 Å². The van der Waals surface area contributed by atoms with Crippen LogP contribution in [0.2, 0.25) is 0 Å². The van der Waals surface area contributed by atoms with Crippen LogP contribution in [-0.2, 0) is 6.42 Å². The molecule has 150 valence electrons. The maximum Gasteiger partial charge on any atom is 0.141 e. The standard InChI is InChI=1S/C21H27N3O2S2/c1-26-18-4-2-17(3-5-18)6-11-24-12-7-19(8-13-24)28(21-23-9-14-27-21)15-10-22-20(28)16-25/h2-5,9-10,14-16,19,22,25H,6-8,11-13H2,1H3. The number of aliphatic hydroxyl groups is 1. The van der Waals surface area contributed by atoms with E-state index in [4.69, 9.17) is 4.74 Å². The predicted octanol–water partition coefficient (Wildman–Crippen LogP) is 4.45. The molecule has 1 saturated heterocycles. The summed E-state index contributed by atoms with van der Waals surface area (Å²) in [5.41, 5.74) is 1.35. The maximum atomic E-state index is 9.84. The van der Waals surface area contributed by atoms with Crippen LogP contribution in [0.25, 0.3) is 0 Å². The van der Waals surface area contributed by atoms with Gasteiger partial charge in [0.15, 0.2) is 0 Å². The van der Waals surface area contributed by atoms with Crippen LogP contribution in [0.15, 0.2) is 63.1 Å². The third-order valence-electron chi connectivity index (χ3n) is 5.62. The lowest BCUT2D eigenvalue weighted by Crippen LogP contribution is -2.39. The van der Waals surface area contributed by atoms with Gasteiger partial charge in [0.2, 0.25) is 0 Å². The molecule has 1 aromatic carbocycles. The molecule has 2 aromatic rings. The lowest BCUT2D eigenvalue weighted by molar-refractivity contribution is 0.234. The van der Waals surface area contributed by atoms with Crippen molar-refractivity contribution in [1.29, 1.82) is 0 Å². The van der Waals surface area contributed by atoms with Crippen molar-refractivity contribution in [2.75, 3.05) is 26.7 Å². The quantitative estimate of drug-likeness (QED) is 0.680. The number of ether oxygens (including phenoxy) is 1. The summed E-state index contributed by atoms with van der Waals surface area (Å²) >= 11 is 1.70. The second-order valence-electron chi connectivity index (χ2n) is 7.09. The number of aromatic nitrogens is 1. The molecule has 1 fully saturated rings. The van der Waals surface area contributed by atoms with Crippen molar-refractivity contribution in [2.45, 2.75) is 28.9 Å². The van der Waals surface area contributed by atoms with Crippen LogP contribution >= 0.6 is 21.4 Å². The summed E-state index contributed by atoms with van der Waals surface area (Å²) < 4.78 is 6.38. The van der Waals surface area contributed by atoms with E-state index in [0.717, 1.165) is 54.0 Å². The zero-order valence-corrected chi connectivity index (χ0v) is 17.7. The van der Waals surface area contributed by atoms with Crippen molar-refractivity contribution in [2.24, 2.45) is 0 Å². The first-order chi connectivity index (χ1) is 13.8. The monoisotopic (exact) mass is 417 g/mol. The van der Waals surface area contributed by atoms with Crippen LogP contribution in [0.5, 0.6) is 5.75 Å². The normalized spacial score (nSPS) is 26.8. The number of piperidine rings is 1. The average Bonchev–Trinajstić information content (AvgIpc) is 3.43. The Labute approximate surface area is 172 Å². The van der Waals surface area contributed by atoms with Gasteiger partial charge in [0, 0.05) is 29.6 Å². The lowest BCUT2D eigenvalue weighted by atomic mass is 10.1. The van der Waals surface area contributed by atoms with Gasteiger partial charge < -0.3 is 20.1 Å². The lowest BCUT2D eigenvalue weighted by Gasteiger charge is -2.44. The number of methoxy groups -OCH3 is 1. The Kier molecular flexibility index (Phi) is 5.94. The molecule has 2 aliphatic heterocycles. The van der Waals surface area contributed by atoms with Gasteiger partial charge in [-0.05, 0) is 55.5 Å². The molecule has 2 aliphatic rings. The highest BCUT2D eigenvalue weighted by Crippen LogP contribution is 2.70. The number of likely N-dealkylation sites (tertiary alicyclic amines) is 1. The van der Waals surface area contributed by atoms with Crippen molar-refractivity contribution in [3.63, 3.8) is 0 Å². The third-order valence-corrected chi connectivity index (χ3v) is 11.0. The minimum absolute atomic E-state index is 0.514. The average molecular weight is 418 g/mol. The molecule has 0 spiro atoms. The van der Waals surface area contributed by atoms with E-state index >= 15 is 0 Å². The van der Waals surface area contributed by atoms with Crippen LogP contribution in [-0.4, -0.2) is 47.0 Å². The molecule has 28 heavy (non-hydrogen) atoms. The number of benzene rings is 1. The minimum Gasteiger partial charge on any atom is -0.513 e. The predicted molar refractivity (Wildman–Crippen MR) is 117 cm³/mol. The molecule has 1 unspecified atom stereocenters. The highest BCUT2D eigenvalue weighted by atomic mass is 32.3. The van der Waals surface area contributed by atoms with E-state index in [9.17, 15) is 5.11 Å².